The molecule has 0 aliphatic carbocycles. The first-order chi connectivity index (χ1) is 17.0. The van der Waals surface area contributed by atoms with Gasteiger partial charge in [0, 0.05) is 53.9 Å². The molecule has 1 aliphatic rings. The molecule has 0 bridgehead atoms. The molecule has 0 saturated heterocycles. The summed E-state index contributed by atoms with van der Waals surface area (Å²) in [4.78, 5) is 33.6. The number of Topliss-reactive ketones (excluding diaryl/α,β-unsaturated/α-hetero) is 1. The molecule has 9 nitrogen and oxygen atoms in total. The average molecular weight is 474 g/mol. The number of imidazole rings is 2. The van der Waals surface area contributed by atoms with E-state index >= 15 is 4.39 Å². The number of fused-ring (bicyclic) bond motifs is 1. The highest BCUT2D eigenvalue weighted by molar-refractivity contribution is 5.97. The second-order valence-electron chi connectivity index (χ2n) is 8.33. The molecule has 0 saturated carbocycles. The zero-order valence-electron chi connectivity index (χ0n) is 19.0. The van der Waals surface area contributed by atoms with Crippen LogP contribution in [0.25, 0.3) is 11.4 Å². The average Bonchev–Trinajstić information content (AvgIpc) is 3.46. The molecule has 1 unspecified atom stereocenters. The molecule has 10 heteroatoms. The summed E-state index contributed by atoms with van der Waals surface area (Å²) in [5.74, 6) is -0.375. The van der Waals surface area contributed by atoms with Crippen molar-refractivity contribution in [2.45, 2.75) is 25.6 Å². The number of aromatic nitrogens is 4. The van der Waals surface area contributed by atoms with Crippen LogP contribution in [0, 0.1) is 5.82 Å². The first kappa shape index (κ1) is 22.6. The third kappa shape index (κ3) is 4.25. The van der Waals surface area contributed by atoms with Crippen LogP contribution in [-0.2, 0) is 13.1 Å². The van der Waals surface area contributed by atoms with Crippen molar-refractivity contribution in [3.63, 3.8) is 0 Å². The quantitative estimate of drug-likeness (QED) is 0.396. The third-order valence-electron chi connectivity index (χ3n) is 6.11. The van der Waals surface area contributed by atoms with Gasteiger partial charge in [0.15, 0.2) is 5.78 Å². The van der Waals surface area contributed by atoms with E-state index in [0.29, 0.717) is 47.0 Å². The second-order valence-corrected chi connectivity index (χ2v) is 8.33. The molecule has 35 heavy (non-hydrogen) atoms. The van der Waals surface area contributed by atoms with Crippen molar-refractivity contribution in [3.05, 3.63) is 95.3 Å². The highest BCUT2D eigenvalue weighted by Gasteiger charge is 2.29. The van der Waals surface area contributed by atoms with Crippen LogP contribution < -0.4 is 16.4 Å². The Bertz CT molecular complexity index is 1420. The van der Waals surface area contributed by atoms with Gasteiger partial charge < -0.3 is 20.9 Å². The number of nitrogens with one attached hydrogen (secondary N) is 2. The van der Waals surface area contributed by atoms with Gasteiger partial charge in [-0.25, -0.2) is 14.4 Å². The molecular formula is C25H24FN7O2. The number of carbonyl (C=O) groups is 2. The number of hydrogen-bond donors (Lipinski definition) is 3. The maximum absolute atomic E-state index is 15.3. The molecule has 5 rings (SSSR count). The summed E-state index contributed by atoms with van der Waals surface area (Å²) in [6.45, 7) is 0.842. The normalized spacial score (nSPS) is 15.6. The number of primary amides is 1. The summed E-state index contributed by atoms with van der Waals surface area (Å²) in [7, 11) is 1.82. The van der Waals surface area contributed by atoms with Crippen LogP contribution in [0.1, 0.15) is 50.4 Å². The summed E-state index contributed by atoms with van der Waals surface area (Å²) in [6, 6.07) is 11.1. The van der Waals surface area contributed by atoms with E-state index in [0.717, 1.165) is 5.82 Å². The molecule has 0 radical (unpaired) electrons. The zero-order valence-corrected chi connectivity index (χ0v) is 19.0. The van der Waals surface area contributed by atoms with E-state index in [9.17, 15) is 9.59 Å². The van der Waals surface area contributed by atoms with Crippen LogP contribution in [0.2, 0.25) is 0 Å². The summed E-state index contributed by atoms with van der Waals surface area (Å²) in [5.41, 5.74) is 8.38. The van der Waals surface area contributed by atoms with E-state index in [2.05, 4.69) is 20.6 Å². The van der Waals surface area contributed by atoms with Gasteiger partial charge in [-0.15, -0.1) is 0 Å². The maximum atomic E-state index is 15.3. The first-order valence-corrected chi connectivity index (χ1v) is 11.2. The molecule has 4 N–H and O–H groups in total. The maximum Gasteiger partial charge on any atom is 0.248 e. The lowest BCUT2D eigenvalue weighted by Gasteiger charge is -2.18. The molecular weight excluding hydrogens is 449 g/mol. The molecule has 4 aromatic rings. The van der Waals surface area contributed by atoms with E-state index < -0.39 is 17.8 Å². The van der Waals surface area contributed by atoms with Crippen LogP contribution in [0.4, 0.5) is 4.39 Å². The number of hydrogen-bond acceptors (Lipinski definition) is 6. The van der Waals surface area contributed by atoms with Crippen molar-refractivity contribution in [3.8, 4) is 11.4 Å². The van der Waals surface area contributed by atoms with Crippen molar-refractivity contribution in [2.24, 2.45) is 5.73 Å². The third-order valence-corrected chi connectivity index (χ3v) is 6.11. The topological polar surface area (TPSA) is 120 Å². The van der Waals surface area contributed by atoms with Gasteiger partial charge in [0.25, 0.3) is 0 Å². The van der Waals surface area contributed by atoms with E-state index in [1.54, 1.807) is 53.6 Å². The fraction of sp³-hybridized carbons (Fsp3) is 0.200. The highest BCUT2D eigenvalue weighted by atomic mass is 19.1. The van der Waals surface area contributed by atoms with E-state index in [1.807, 2.05) is 17.7 Å². The first-order valence-electron chi connectivity index (χ1n) is 11.2. The molecule has 178 valence electrons. The number of amides is 1. The zero-order chi connectivity index (χ0) is 24.5. The molecule has 3 heterocycles. The molecule has 0 fully saturated rings. The standard InChI is InChI=1S/C25H24FN7O2/c1-28-13-23-29-7-8-32(23)17-5-6-18(19(26)10-17)20-11-22(34)24-21(12-30-20)31-14-33(24)16-4-2-3-15(9-16)25(27)35/h2-10,14,20,28,30H,11-13H2,1H3,(H2,27,35). The lowest BCUT2D eigenvalue weighted by molar-refractivity contribution is 0.0964. The minimum absolute atomic E-state index is 0.0561. The van der Waals surface area contributed by atoms with Crippen LogP contribution in [-0.4, -0.2) is 37.8 Å². The van der Waals surface area contributed by atoms with Gasteiger partial charge >= 0.3 is 0 Å². The summed E-state index contributed by atoms with van der Waals surface area (Å²) in [5, 5.41) is 6.31. The molecule has 2 aromatic heterocycles. The van der Waals surface area contributed by atoms with Gasteiger partial charge in [0.05, 0.1) is 12.2 Å². The van der Waals surface area contributed by atoms with E-state index in [4.69, 9.17) is 5.73 Å². The van der Waals surface area contributed by atoms with Crippen LogP contribution in [0.3, 0.4) is 0 Å². The molecule has 0 spiro atoms. The molecule has 2 aromatic carbocycles. The fourth-order valence-corrected chi connectivity index (χ4v) is 4.42. The largest absolute Gasteiger partial charge is 0.366 e. The van der Waals surface area contributed by atoms with Crippen molar-refractivity contribution in [1.29, 1.82) is 0 Å². The van der Waals surface area contributed by atoms with Gasteiger partial charge in [-0.3, -0.25) is 14.2 Å². The summed E-state index contributed by atoms with van der Waals surface area (Å²) >= 11 is 0. The second kappa shape index (κ2) is 9.24. The number of nitrogens with zero attached hydrogens (tertiary/aromatic N) is 4. The summed E-state index contributed by atoms with van der Waals surface area (Å²) in [6.07, 6.45) is 5.06. The number of rotatable bonds is 6. The lowest BCUT2D eigenvalue weighted by atomic mass is 10.00. The summed E-state index contributed by atoms with van der Waals surface area (Å²) < 4.78 is 18.7. The number of halogens is 1. The Labute approximate surface area is 200 Å². The van der Waals surface area contributed by atoms with Gasteiger partial charge in [0.2, 0.25) is 5.91 Å². The number of nitrogens with two attached hydrogens (primary N) is 1. The number of carbonyl (C=O) groups excluding carboxylic acids is 2. The SMILES string of the molecule is CNCc1nccn1-c1ccc(C2CC(=O)c3c(ncn3-c3cccc(C(N)=O)c3)CN2)c(F)c1. The highest BCUT2D eigenvalue weighted by Crippen LogP contribution is 2.29. The van der Waals surface area contributed by atoms with Crippen molar-refractivity contribution in [2.75, 3.05) is 7.05 Å². The predicted molar refractivity (Wildman–Crippen MR) is 127 cm³/mol. The van der Waals surface area contributed by atoms with Crippen molar-refractivity contribution in [1.82, 2.24) is 29.7 Å². The number of benzene rings is 2. The Morgan fingerprint density at radius 2 is 2.03 bits per heavy atom. The minimum Gasteiger partial charge on any atom is -0.366 e. The smallest absolute Gasteiger partial charge is 0.248 e. The molecule has 1 atom stereocenters. The van der Waals surface area contributed by atoms with E-state index in [1.165, 1.54) is 6.07 Å². The lowest BCUT2D eigenvalue weighted by Crippen LogP contribution is -2.22. The van der Waals surface area contributed by atoms with Gasteiger partial charge in [-0.1, -0.05) is 12.1 Å². The minimum atomic E-state index is -0.557. The Morgan fingerprint density at radius 3 is 2.80 bits per heavy atom. The molecule has 1 amide bonds. The Hall–Kier alpha value is -4.15. The van der Waals surface area contributed by atoms with Gasteiger partial charge in [-0.05, 0) is 37.4 Å². The Morgan fingerprint density at radius 1 is 1.20 bits per heavy atom. The fourth-order valence-electron chi connectivity index (χ4n) is 4.42. The molecule has 1 aliphatic heterocycles. The Balaban J connectivity index is 1.43. The van der Waals surface area contributed by atoms with Gasteiger partial charge in [0.1, 0.15) is 23.7 Å². The van der Waals surface area contributed by atoms with Crippen LogP contribution >= 0.6 is 0 Å². The monoisotopic (exact) mass is 473 g/mol. The Kier molecular flexibility index (Phi) is 5.98. The van der Waals surface area contributed by atoms with E-state index in [-0.39, 0.29) is 12.2 Å². The predicted octanol–water partition coefficient (Wildman–Crippen LogP) is 2.43. The van der Waals surface area contributed by atoms with Crippen LogP contribution in [0.15, 0.2) is 61.2 Å². The van der Waals surface area contributed by atoms with Crippen LogP contribution in [0.5, 0.6) is 0 Å². The van der Waals surface area contributed by atoms with Gasteiger partial charge in [-0.2, -0.15) is 0 Å². The van der Waals surface area contributed by atoms with Crippen molar-refractivity contribution >= 4 is 11.7 Å². The van der Waals surface area contributed by atoms with Crippen molar-refractivity contribution < 1.29 is 14.0 Å². The number of ketones is 1.